The molecule has 1 aromatic heterocycles. The Hall–Kier alpha value is -2.21. The van der Waals surface area contributed by atoms with Crippen molar-refractivity contribution in [3.63, 3.8) is 0 Å². The molecular formula is C18H21N3O3. The van der Waals surface area contributed by atoms with Gasteiger partial charge in [-0.25, -0.2) is 0 Å². The fourth-order valence-corrected chi connectivity index (χ4v) is 3.22. The van der Waals surface area contributed by atoms with Crippen LogP contribution in [-0.2, 0) is 4.74 Å². The van der Waals surface area contributed by atoms with Crippen LogP contribution in [0.5, 0.6) is 0 Å². The zero-order valence-corrected chi connectivity index (χ0v) is 13.9. The number of ether oxygens (including phenoxy) is 1. The lowest BCUT2D eigenvalue weighted by molar-refractivity contribution is -0.0600. The van der Waals surface area contributed by atoms with Crippen molar-refractivity contribution in [3.05, 3.63) is 47.1 Å². The molecule has 2 heterocycles. The lowest BCUT2D eigenvalue weighted by Gasteiger charge is -2.37. The first-order chi connectivity index (χ1) is 11.6. The summed E-state index contributed by atoms with van der Waals surface area (Å²) in [6.07, 6.45) is 2.04. The molecule has 0 radical (unpaired) electrons. The average molecular weight is 327 g/mol. The van der Waals surface area contributed by atoms with E-state index in [4.69, 9.17) is 9.26 Å². The highest BCUT2D eigenvalue weighted by atomic mass is 16.5. The highest BCUT2D eigenvalue weighted by molar-refractivity contribution is 5.96. The third kappa shape index (κ3) is 2.71. The molecule has 2 fully saturated rings. The minimum Gasteiger partial charge on any atom is -0.374 e. The maximum atomic E-state index is 13.1. The molecule has 1 aromatic carbocycles. The lowest BCUT2D eigenvalue weighted by Crippen LogP contribution is -2.47. The summed E-state index contributed by atoms with van der Waals surface area (Å²) in [5.41, 5.74) is 1.67. The predicted molar refractivity (Wildman–Crippen MR) is 86.6 cm³/mol. The third-order valence-electron chi connectivity index (χ3n) is 4.78. The first kappa shape index (κ1) is 15.3. The van der Waals surface area contributed by atoms with Gasteiger partial charge in [0.1, 0.15) is 6.04 Å². The Morgan fingerprint density at radius 2 is 2.08 bits per heavy atom. The smallest absolute Gasteiger partial charge is 0.254 e. The molecule has 1 aliphatic heterocycles. The highest BCUT2D eigenvalue weighted by Crippen LogP contribution is 2.39. The Kier molecular flexibility index (Phi) is 3.84. The van der Waals surface area contributed by atoms with Gasteiger partial charge in [-0.2, -0.15) is 4.98 Å². The van der Waals surface area contributed by atoms with Crippen LogP contribution in [0.2, 0.25) is 0 Å². The number of hydrogen-bond acceptors (Lipinski definition) is 5. The molecule has 1 amide bonds. The van der Waals surface area contributed by atoms with Gasteiger partial charge < -0.3 is 14.2 Å². The Morgan fingerprint density at radius 3 is 2.83 bits per heavy atom. The molecule has 6 nitrogen and oxygen atoms in total. The SMILES string of the molecule is Cc1ccccc1C(=O)N1CCO[C@H](C)[C@H]1c1nc(C2CC2)no1. The van der Waals surface area contributed by atoms with Crippen molar-refractivity contribution in [1.82, 2.24) is 15.0 Å². The Bertz CT molecular complexity index is 753. The van der Waals surface area contributed by atoms with Crippen molar-refractivity contribution in [1.29, 1.82) is 0 Å². The third-order valence-corrected chi connectivity index (χ3v) is 4.78. The number of rotatable bonds is 3. The predicted octanol–water partition coefficient (Wildman–Crippen LogP) is 2.86. The summed E-state index contributed by atoms with van der Waals surface area (Å²) in [7, 11) is 0. The molecule has 1 aliphatic carbocycles. The molecule has 24 heavy (non-hydrogen) atoms. The van der Waals surface area contributed by atoms with E-state index in [-0.39, 0.29) is 18.1 Å². The van der Waals surface area contributed by atoms with Crippen molar-refractivity contribution in [3.8, 4) is 0 Å². The zero-order valence-electron chi connectivity index (χ0n) is 13.9. The van der Waals surface area contributed by atoms with Crippen LogP contribution in [0, 0.1) is 6.92 Å². The van der Waals surface area contributed by atoms with Gasteiger partial charge in [-0.15, -0.1) is 0 Å². The van der Waals surface area contributed by atoms with E-state index in [9.17, 15) is 4.79 Å². The van der Waals surface area contributed by atoms with Crippen LogP contribution < -0.4 is 0 Å². The van der Waals surface area contributed by atoms with Crippen molar-refractivity contribution in [2.45, 2.75) is 44.8 Å². The maximum absolute atomic E-state index is 13.1. The van der Waals surface area contributed by atoms with Crippen molar-refractivity contribution in [2.75, 3.05) is 13.2 Å². The lowest BCUT2D eigenvalue weighted by atomic mass is 10.0. The number of amides is 1. The molecule has 0 spiro atoms. The Morgan fingerprint density at radius 1 is 1.29 bits per heavy atom. The molecule has 2 aromatic rings. The number of hydrogen-bond donors (Lipinski definition) is 0. The first-order valence-electron chi connectivity index (χ1n) is 8.47. The zero-order chi connectivity index (χ0) is 16.7. The van der Waals surface area contributed by atoms with Crippen LogP contribution >= 0.6 is 0 Å². The molecule has 2 aliphatic rings. The molecule has 2 atom stereocenters. The number of nitrogens with zero attached hydrogens (tertiary/aromatic N) is 3. The van der Waals surface area contributed by atoms with Crippen LogP contribution in [-0.4, -0.2) is 40.2 Å². The van der Waals surface area contributed by atoms with Gasteiger partial charge in [-0.1, -0.05) is 23.4 Å². The van der Waals surface area contributed by atoms with Gasteiger partial charge in [0.15, 0.2) is 5.82 Å². The standard InChI is InChI=1S/C18H21N3O3/c1-11-5-3-4-6-14(11)18(22)21-9-10-23-12(2)15(21)17-19-16(20-24-17)13-7-8-13/h3-6,12-13,15H,7-10H2,1-2H3/t12-,15+/m1/s1. The van der Waals surface area contributed by atoms with E-state index in [1.165, 1.54) is 0 Å². The summed E-state index contributed by atoms with van der Waals surface area (Å²) >= 11 is 0. The van der Waals surface area contributed by atoms with Gasteiger partial charge in [-0.05, 0) is 38.3 Å². The van der Waals surface area contributed by atoms with Crippen molar-refractivity contribution < 1.29 is 14.1 Å². The average Bonchev–Trinajstić information content (AvgIpc) is 3.32. The molecule has 0 N–H and O–H groups in total. The van der Waals surface area contributed by atoms with Crippen LogP contribution in [0.15, 0.2) is 28.8 Å². The van der Waals surface area contributed by atoms with E-state index in [0.29, 0.717) is 30.5 Å². The second-order valence-corrected chi connectivity index (χ2v) is 6.60. The Labute approximate surface area is 140 Å². The second kappa shape index (κ2) is 6.02. The van der Waals surface area contributed by atoms with E-state index in [2.05, 4.69) is 10.1 Å². The van der Waals surface area contributed by atoms with Crippen molar-refractivity contribution >= 4 is 5.91 Å². The van der Waals surface area contributed by atoms with Gasteiger partial charge in [0.05, 0.1) is 12.7 Å². The fourth-order valence-electron chi connectivity index (χ4n) is 3.22. The molecule has 1 saturated heterocycles. The normalized spacial score (nSPS) is 24.2. The quantitative estimate of drug-likeness (QED) is 0.867. The fraction of sp³-hybridized carbons (Fsp3) is 0.500. The molecule has 1 saturated carbocycles. The van der Waals surface area contributed by atoms with Crippen LogP contribution in [0.4, 0.5) is 0 Å². The summed E-state index contributed by atoms with van der Waals surface area (Å²) in [6, 6.07) is 7.29. The summed E-state index contributed by atoms with van der Waals surface area (Å²) in [4.78, 5) is 19.4. The molecular weight excluding hydrogens is 306 g/mol. The second-order valence-electron chi connectivity index (χ2n) is 6.60. The monoisotopic (exact) mass is 327 g/mol. The number of carbonyl (C=O) groups excluding carboxylic acids is 1. The molecule has 6 heteroatoms. The summed E-state index contributed by atoms with van der Waals surface area (Å²) in [5.74, 6) is 1.64. The number of carbonyl (C=O) groups is 1. The number of benzene rings is 1. The van der Waals surface area contributed by atoms with E-state index in [1.54, 1.807) is 4.90 Å². The Balaban J connectivity index is 1.66. The van der Waals surface area contributed by atoms with Gasteiger partial charge >= 0.3 is 0 Å². The van der Waals surface area contributed by atoms with Gasteiger partial charge in [0, 0.05) is 18.0 Å². The van der Waals surface area contributed by atoms with Gasteiger partial charge in [0.25, 0.3) is 11.8 Å². The minimum absolute atomic E-state index is 0.0144. The van der Waals surface area contributed by atoms with Crippen LogP contribution in [0.25, 0.3) is 0 Å². The molecule has 0 unspecified atom stereocenters. The van der Waals surface area contributed by atoms with Crippen LogP contribution in [0.3, 0.4) is 0 Å². The molecule has 4 rings (SSSR count). The topological polar surface area (TPSA) is 68.5 Å². The molecule has 126 valence electrons. The summed E-state index contributed by atoms with van der Waals surface area (Å²) < 4.78 is 11.2. The van der Waals surface area contributed by atoms with Gasteiger partial charge in [0.2, 0.25) is 0 Å². The van der Waals surface area contributed by atoms with Crippen molar-refractivity contribution in [2.24, 2.45) is 0 Å². The van der Waals surface area contributed by atoms with Gasteiger partial charge in [-0.3, -0.25) is 4.79 Å². The summed E-state index contributed by atoms with van der Waals surface area (Å²) in [5, 5.41) is 4.09. The van der Waals surface area contributed by atoms with E-state index >= 15 is 0 Å². The number of aromatic nitrogens is 2. The first-order valence-corrected chi connectivity index (χ1v) is 8.47. The number of aryl methyl sites for hydroxylation is 1. The molecule has 0 bridgehead atoms. The van der Waals surface area contributed by atoms with E-state index in [0.717, 1.165) is 24.2 Å². The van der Waals surface area contributed by atoms with E-state index in [1.807, 2.05) is 38.1 Å². The largest absolute Gasteiger partial charge is 0.374 e. The van der Waals surface area contributed by atoms with E-state index < -0.39 is 0 Å². The minimum atomic E-state index is -0.342. The highest BCUT2D eigenvalue weighted by Gasteiger charge is 2.39. The number of morpholine rings is 1. The van der Waals surface area contributed by atoms with Crippen LogP contribution in [0.1, 0.15) is 59.4 Å². The maximum Gasteiger partial charge on any atom is 0.254 e. The summed E-state index contributed by atoms with van der Waals surface area (Å²) in [6.45, 7) is 4.93.